The molecule has 0 aliphatic heterocycles. The normalized spacial score (nSPS) is 12.2. The minimum Gasteiger partial charge on any atom is -0.422 e. The molecule has 0 aliphatic rings. The molecule has 10 rings (SSSR count). The van der Waals surface area contributed by atoms with E-state index in [2.05, 4.69) is 91.5 Å². The molecule has 0 N–H and O–H groups in total. The fourth-order valence-corrected chi connectivity index (χ4v) is 8.22. The van der Waals surface area contributed by atoms with E-state index in [0.29, 0.717) is 0 Å². The summed E-state index contributed by atoms with van der Waals surface area (Å²) in [5.41, 5.74) is 10.7. The maximum Gasteiger partial charge on any atom is 0.219 e. The lowest BCUT2D eigenvalue weighted by Gasteiger charge is -2.08. The van der Waals surface area contributed by atoms with Gasteiger partial charge in [-0.2, -0.15) is 0 Å². The smallest absolute Gasteiger partial charge is 0.219 e. The lowest BCUT2D eigenvalue weighted by atomic mass is 9.98. The third-order valence-electron chi connectivity index (χ3n) is 7.90. The maximum absolute atomic E-state index is 6.55. The van der Waals surface area contributed by atoms with Gasteiger partial charge in [-0.15, -0.1) is 34.0 Å². The molecule has 0 bridgehead atoms. The zero-order valence-corrected chi connectivity index (χ0v) is 24.7. The highest BCUT2D eigenvalue weighted by Crippen LogP contribution is 2.37. The van der Waals surface area contributed by atoms with Crippen LogP contribution in [0.4, 0.5) is 0 Å². The molecule has 0 aliphatic carbocycles. The molecule has 4 aromatic carbocycles. The van der Waals surface area contributed by atoms with Gasteiger partial charge in [-0.3, -0.25) is 13.2 Å². The number of nitrogens with zero attached hydrogens (tertiary/aromatic N) is 6. The Labute approximate surface area is 255 Å². The van der Waals surface area contributed by atoms with Crippen molar-refractivity contribution in [3.05, 3.63) is 107 Å². The van der Waals surface area contributed by atoms with Gasteiger partial charge < -0.3 is 4.74 Å². The summed E-state index contributed by atoms with van der Waals surface area (Å²) < 4.78 is 12.9. The van der Waals surface area contributed by atoms with Crippen molar-refractivity contribution in [2.24, 2.45) is 0 Å². The van der Waals surface area contributed by atoms with Crippen LogP contribution in [0.2, 0.25) is 0 Å². The van der Waals surface area contributed by atoms with E-state index >= 15 is 0 Å². The van der Waals surface area contributed by atoms with Crippen LogP contribution >= 0.6 is 34.0 Å². The molecular weight excluding hydrogens is 593 g/mol. The number of thiazole rings is 3. The molecule has 6 aromatic heterocycles. The lowest BCUT2D eigenvalue weighted by molar-refractivity contribution is 0.442. The van der Waals surface area contributed by atoms with Crippen molar-refractivity contribution in [3.63, 3.8) is 0 Å². The van der Waals surface area contributed by atoms with Gasteiger partial charge in [-0.25, -0.2) is 15.0 Å². The number of imidazole rings is 3. The van der Waals surface area contributed by atoms with E-state index in [1.54, 1.807) is 34.0 Å². The number of hydrogen-bond acceptors (Lipinski definition) is 7. The highest BCUT2D eigenvalue weighted by Gasteiger charge is 2.17. The third-order valence-corrected chi connectivity index (χ3v) is 10.3. The van der Waals surface area contributed by atoms with Gasteiger partial charge in [0.15, 0.2) is 14.9 Å². The molecule has 204 valence electrons. The van der Waals surface area contributed by atoms with Crippen LogP contribution in [0, 0.1) is 0 Å². The van der Waals surface area contributed by atoms with Gasteiger partial charge in [0.25, 0.3) is 0 Å². The minimum absolute atomic E-state index is 0.736. The molecule has 0 saturated heterocycles. The van der Waals surface area contributed by atoms with Crippen LogP contribution in [0.1, 0.15) is 0 Å². The molecular formula is C33H18N6OS3. The van der Waals surface area contributed by atoms with Gasteiger partial charge in [0.05, 0.1) is 43.9 Å². The maximum atomic E-state index is 6.55. The second-order valence-corrected chi connectivity index (χ2v) is 12.9. The van der Waals surface area contributed by atoms with Crippen molar-refractivity contribution in [1.29, 1.82) is 0 Å². The quantitative estimate of drug-likeness (QED) is 0.199. The Bertz CT molecular complexity index is 2680. The van der Waals surface area contributed by atoms with Crippen molar-refractivity contribution in [2.75, 3.05) is 0 Å². The first kappa shape index (κ1) is 23.5. The van der Waals surface area contributed by atoms with E-state index in [1.807, 2.05) is 29.0 Å². The molecule has 10 aromatic rings. The van der Waals surface area contributed by atoms with E-state index in [4.69, 9.17) is 19.7 Å². The Morgan fingerprint density at radius 3 is 1.88 bits per heavy atom. The summed E-state index contributed by atoms with van der Waals surface area (Å²) >= 11 is 4.80. The first-order chi connectivity index (χ1) is 21.3. The summed E-state index contributed by atoms with van der Waals surface area (Å²) in [6.45, 7) is 0. The molecule has 7 nitrogen and oxygen atoms in total. The van der Waals surface area contributed by atoms with Crippen molar-refractivity contribution < 1.29 is 4.74 Å². The first-order valence-electron chi connectivity index (χ1n) is 13.7. The largest absolute Gasteiger partial charge is 0.422 e. The van der Waals surface area contributed by atoms with Gasteiger partial charge in [0.1, 0.15) is 0 Å². The highest BCUT2D eigenvalue weighted by atomic mass is 32.1. The van der Waals surface area contributed by atoms with Crippen LogP contribution in [0.15, 0.2) is 107 Å². The second kappa shape index (κ2) is 8.74. The molecule has 0 spiro atoms. The van der Waals surface area contributed by atoms with Crippen LogP contribution in [-0.4, -0.2) is 28.2 Å². The zero-order valence-electron chi connectivity index (χ0n) is 22.2. The molecule has 0 saturated carbocycles. The Balaban J connectivity index is 1.07. The van der Waals surface area contributed by atoms with E-state index in [-0.39, 0.29) is 0 Å². The summed E-state index contributed by atoms with van der Waals surface area (Å²) in [5, 5.41) is 6.11. The Hall–Kier alpha value is -5.03. The number of fused-ring (bicyclic) bond motifs is 9. The fraction of sp³-hybridized carbons (Fsp3) is 0. The number of benzene rings is 4. The van der Waals surface area contributed by atoms with Crippen LogP contribution in [0.25, 0.3) is 70.2 Å². The van der Waals surface area contributed by atoms with E-state index in [9.17, 15) is 0 Å². The van der Waals surface area contributed by atoms with Crippen LogP contribution in [0.5, 0.6) is 11.8 Å². The average Bonchev–Trinajstić information content (AvgIpc) is 3.87. The van der Waals surface area contributed by atoms with Crippen molar-refractivity contribution in [2.45, 2.75) is 0 Å². The standard InChI is InChI=1S/C33H18N6OS3/c1-2-7-26-23(6-1)35-32-38(26)29(17-42-32)40-30-18-43-33-36-25-11-9-22(16-28(25)39(30)33)20-5-3-4-19(14-20)21-8-10-24-27(15-21)37-12-13-41-31(37)34-24/h1-18H. The Morgan fingerprint density at radius 1 is 0.512 bits per heavy atom. The van der Waals surface area contributed by atoms with Crippen molar-refractivity contribution in [1.82, 2.24) is 28.2 Å². The highest BCUT2D eigenvalue weighted by molar-refractivity contribution is 7.16. The van der Waals surface area contributed by atoms with Crippen LogP contribution < -0.4 is 4.74 Å². The van der Waals surface area contributed by atoms with Crippen molar-refractivity contribution in [3.8, 4) is 34.0 Å². The summed E-state index contributed by atoms with van der Waals surface area (Å²) in [6.07, 6.45) is 2.08. The van der Waals surface area contributed by atoms with Gasteiger partial charge >= 0.3 is 0 Å². The zero-order chi connectivity index (χ0) is 28.1. The number of ether oxygens (including phenoxy) is 1. The second-order valence-electron chi connectivity index (χ2n) is 10.4. The average molecular weight is 611 g/mol. The predicted molar refractivity (Wildman–Crippen MR) is 176 cm³/mol. The minimum atomic E-state index is 0.736. The van der Waals surface area contributed by atoms with E-state index < -0.39 is 0 Å². The molecule has 0 atom stereocenters. The first-order valence-corrected chi connectivity index (χ1v) is 16.3. The number of rotatable bonds is 4. The van der Waals surface area contributed by atoms with Gasteiger partial charge in [0, 0.05) is 11.6 Å². The van der Waals surface area contributed by atoms with Gasteiger partial charge in [-0.05, 0) is 64.7 Å². The van der Waals surface area contributed by atoms with Gasteiger partial charge in [0.2, 0.25) is 11.8 Å². The summed E-state index contributed by atoms with van der Waals surface area (Å²) in [4.78, 5) is 17.2. The molecule has 0 unspecified atom stereocenters. The number of hydrogen-bond donors (Lipinski definition) is 0. The molecule has 6 heterocycles. The Morgan fingerprint density at radius 2 is 1.12 bits per heavy atom. The SMILES string of the molecule is c1cc(-c2ccc3nc4sccn4c3c2)cc(-c2ccc3nc4scc(Oc5csc6nc7ccccc7n56)n4c3c2)c1. The molecule has 0 amide bonds. The molecule has 0 fully saturated rings. The topological polar surface area (TPSA) is 61.1 Å². The monoisotopic (exact) mass is 610 g/mol. The fourth-order valence-electron chi connectivity index (χ4n) is 5.89. The van der Waals surface area contributed by atoms with E-state index in [0.717, 1.165) is 82.0 Å². The number of aromatic nitrogens is 6. The summed E-state index contributed by atoms with van der Waals surface area (Å²) in [7, 11) is 0. The third kappa shape index (κ3) is 3.48. The molecule has 10 heteroatoms. The number of para-hydroxylation sites is 2. The van der Waals surface area contributed by atoms with Gasteiger partial charge in [-0.1, -0.05) is 42.5 Å². The summed E-state index contributed by atoms with van der Waals surface area (Å²) in [5.74, 6) is 1.48. The summed E-state index contributed by atoms with van der Waals surface area (Å²) in [6, 6.07) is 29.8. The van der Waals surface area contributed by atoms with Crippen LogP contribution in [0.3, 0.4) is 0 Å². The van der Waals surface area contributed by atoms with E-state index in [1.165, 1.54) is 0 Å². The lowest BCUT2D eigenvalue weighted by Crippen LogP contribution is -1.92. The molecule has 43 heavy (non-hydrogen) atoms. The predicted octanol–water partition coefficient (Wildman–Crippen LogP) is 9.40. The Kier molecular flexibility index (Phi) is 4.78. The molecule has 0 radical (unpaired) electrons. The van der Waals surface area contributed by atoms with Crippen molar-refractivity contribution >= 4 is 82.0 Å². The van der Waals surface area contributed by atoms with Crippen LogP contribution in [-0.2, 0) is 0 Å².